The Bertz CT molecular complexity index is 2850. The van der Waals surface area contributed by atoms with Crippen molar-refractivity contribution in [3.8, 4) is 34.1 Å². The van der Waals surface area contributed by atoms with Gasteiger partial charge >= 0.3 is 0 Å². The summed E-state index contributed by atoms with van der Waals surface area (Å²) in [6.07, 6.45) is 1.83. The van der Waals surface area contributed by atoms with Gasteiger partial charge in [0.2, 0.25) is 0 Å². The van der Waals surface area contributed by atoms with Gasteiger partial charge in [0.05, 0.1) is 22.7 Å². The fourth-order valence-electron chi connectivity index (χ4n) is 7.96. The molecule has 0 radical (unpaired) electrons. The molecular weight excluding hydrogens is 571 g/mol. The van der Waals surface area contributed by atoms with Gasteiger partial charge in [0.25, 0.3) is 0 Å². The van der Waals surface area contributed by atoms with Crippen molar-refractivity contribution >= 4 is 64.9 Å². The smallest absolute Gasteiger partial charge is 0.137 e. The molecule has 0 saturated heterocycles. The fraction of sp³-hybridized carbons (Fsp3) is 0. The lowest BCUT2D eigenvalue weighted by Crippen LogP contribution is -1.96. The van der Waals surface area contributed by atoms with Crippen LogP contribution in [0.3, 0.4) is 0 Å². The maximum absolute atomic E-state index is 10.1. The van der Waals surface area contributed by atoms with Gasteiger partial charge in [-0.1, -0.05) is 115 Å². The second-order valence-corrected chi connectivity index (χ2v) is 12.2. The van der Waals surface area contributed by atoms with Crippen LogP contribution in [0.5, 0.6) is 0 Å². The van der Waals surface area contributed by atoms with Crippen LogP contribution in [0.25, 0.3) is 93.0 Å². The first-order valence-electron chi connectivity index (χ1n) is 15.9. The summed E-state index contributed by atoms with van der Waals surface area (Å²) in [4.78, 5) is 4.74. The van der Waals surface area contributed by atoms with Crippen LogP contribution in [-0.2, 0) is 0 Å². The van der Waals surface area contributed by atoms with E-state index in [4.69, 9.17) is 4.98 Å². The lowest BCUT2D eigenvalue weighted by Gasteiger charge is -2.20. The molecule has 3 nitrogen and oxygen atoms in total. The summed E-state index contributed by atoms with van der Waals surface area (Å²) in [5.41, 5.74) is 7.72. The summed E-state index contributed by atoms with van der Waals surface area (Å²) >= 11 is 0. The minimum atomic E-state index is 0.681. The Kier molecular flexibility index (Phi) is 5.35. The third-order valence-corrected chi connectivity index (χ3v) is 9.85. The van der Waals surface area contributed by atoms with E-state index >= 15 is 0 Å². The first kappa shape index (κ1) is 25.8. The number of hydrogen-bond donors (Lipinski definition) is 0. The number of rotatable bonds is 3. The molecule has 2 aromatic heterocycles. The summed E-state index contributed by atoms with van der Waals surface area (Å²) in [5, 5.41) is 21.8. The minimum Gasteiger partial charge on any atom is -0.294 e. The van der Waals surface area contributed by atoms with E-state index in [9.17, 15) is 5.26 Å². The van der Waals surface area contributed by atoms with Crippen LogP contribution in [0.4, 0.5) is 0 Å². The molecule has 3 heteroatoms. The highest BCUT2D eigenvalue weighted by atomic mass is 15.1. The molecule has 0 unspecified atom stereocenters. The second kappa shape index (κ2) is 9.75. The maximum atomic E-state index is 10.1. The van der Waals surface area contributed by atoms with E-state index in [1.807, 2.05) is 30.5 Å². The van der Waals surface area contributed by atoms with Crippen LogP contribution in [-0.4, -0.2) is 9.55 Å². The van der Waals surface area contributed by atoms with Crippen LogP contribution >= 0.6 is 0 Å². The zero-order valence-electron chi connectivity index (χ0n) is 25.3. The zero-order valence-corrected chi connectivity index (χ0v) is 25.3. The molecule has 10 rings (SSSR count). The fourth-order valence-corrected chi connectivity index (χ4v) is 7.96. The molecule has 0 saturated carbocycles. The molecule has 216 valence electrons. The SMILES string of the molecule is N#Cc1ccc2c3c1ccc1c(-c4c5ccccc5c(-c5cccc6ccccc56)c5ccccc45)ccc(c13)n2-c1ccccn1. The first-order valence-corrected chi connectivity index (χ1v) is 15.9. The summed E-state index contributed by atoms with van der Waals surface area (Å²) in [7, 11) is 0. The lowest BCUT2D eigenvalue weighted by molar-refractivity contribution is 1.08. The number of hydrogen-bond acceptors (Lipinski definition) is 2. The van der Waals surface area contributed by atoms with Gasteiger partial charge in [-0.05, 0) is 90.3 Å². The van der Waals surface area contributed by atoms with Crippen LogP contribution in [0, 0.1) is 11.3 Å². The van der Waals surface area contributed by atoms with Gasteiger partial charge < -0.3 is 0 Å². The number of nitriles is 1. The number of benzene rings is 8. The summed E-state index contributed by atoms with van der Waals surface area (Å²) in [5.74, 6) is 0.860. The Morgan fingerprint density at radius 1 is 0.447 bits per heavy atom. The van der Waals surface area contributed by atoms with Gasteiger partial charge in [0.1, 0.15) is 5.82 Å². The zero-order chi connectivity index (χ0) is 31.1. The molecule has 0 spiro atoms. The summed E-state index contributed by atoms with van der Waals surface area (Å²) < 4.78 is 2.23. The molecule has 0 bridgehead atoms. The lowest BCUT2D eigenvalue weighted by atomic mass is 9.83. The highest BCUT2D eigenvalue weighted by Crippen LogP contribution is 2.49. The normalized spacial score (nSPS) is 11.8. The highest BCUT2D eigenvalue weighted by molar-refractivity contribution is 6.31. The van der Waals surface area contributed by atoms with Crippen LogP contribution in [0.15, 0.2) is 152 Å². The Labute approximate surface area is 270 Å². The first-order chi connectivity index (χ1) is 23.3. The molecule has 0 fully saturated rings. The average Bonchev–Trinajstić information content (AvgIpc) is 3.48. The molecule has 0 atom stereocenters. The second-order valence-electron chi connectivity index (χ2n) is 12.2. The maximum Gasteiger partial charge on any atom is 0.137 e. The molecular formula is C44H25N3. The van der Waals surface area contributed by atoms with E-state index in [0.717, 1.165) is 38.4 Å². The van der Waals surface area contributed by atoms with Crippen molar-refractivity contribution in [3.63, 3.8) is 0 Å². The van der Waals surface area contributed by atoms with Crippen molar-refractivity contribution < 1.29 is 0 Å². The Hall–Kier alpha value is -6.50. The molecule has 10 aromatic rings. The van der Waals surface area contributed by atoms with Crippen molar-refractivity contribution in [2.75, 3.05) is 0 Å². The van der Waals surface area contributed by atoms with Crippen LogP contribution < -0.4 is 0 Å². The van der Waals surface area contributed by atoms with Gasteiger partial charge in [-0.25, -0.2) is 4.98 Å². The summed E-state index contributed by atoms with van der Waals surface area (Å²) in [6, 6.07) is 54.3. The molecule has 2 heterocycles. The predicted molar refractivity (Wildman–Crippen MR) is 195 cm³/mol. The quantitative estimate of drug-likeness (QED) is 0.151. The Morgan fingerprint density at radius 2 is 1.00 bits per heavy atom. The molecule has 8 aromatic carbocycles. The van der Waals surface area contributed by atoms with Crippen LogP contribution in [0.2, 0.25) is 0 Å². The van der Waals surface area contributed by atoms with Gasteiger partial charge in [0, 0.05) is 22.4 Å². The predicted octanol–water partition coefficient (Wildman–Crippen LogP) is 11.4. The van der Waals surface area contributed by atoms with Gasteiger partial charge in [0.15, 0.2) is 0 Å². The molecule has 0 N–H and O–H groups in total. The van der Waals surface area contributed by atoms with E-state index in [1.165, 1.54) is 54.6 Å². The third-order valence-electron chi connectivity index (χ3n) is 9.85. The minimum absolute atomic E-state index is 0.681. The van der Waals surface area contributed by atoms with E-state index in [0.29, 0.717) is 5.56 Å². The summed E-state index contributed by atoms with van der Waals surface area (Å²) in [6.45, 7) is 0. The van der Waals surface area contributed by atoms with E-state index in [2.05, 4.69) is 132 Å². The number of aromatic nitrogens is 2. The van der Waals surface area contributed by atoms with E-state index in [-0.39, 0.29) is 0 Å². The number of fused-ring (bicyclic) bond motifs is 3. The topological polar surface area (TPSA) is 41.6 Å². The van der Waals surface area contributed by atoms with Crippen molar-refractivity contribution in [1.29, 1.82) is 5.26 Å². The molecule has 0 aliphatic carbocycles. The van der Waals surface area contributed by atoms with Crippen LogP contribution in [0.1, 0.15) is 5.56 Å². The van der Waals surface area contributed by atoms with Gasteiger partial charge in [-0.2, -0.15) is 5.26 Å². The highest BCUT2D eigenvalue weighted by Gasteiger charge is 2.23. The molecule has 0 amide bonds. The van der Waals surface area contributed by atoms with E-state index < -0.39 is 0 Å². The van der Waals surface area contributed by atoms with E-state index in [1.54, 1.807) is 0 Å². The molecule has 47 heavy (non-hydrogen) atoms. The standard InChI is InChI=1S/C44H25N3/c45-26-28-19-23-38-43-30(28)20-21-37-36(22-24-39(44(37)43)47(38)40-18-7-8-25-46-40)42-34-15-5-3-13-32(34)41(33-14-4-6-16-35(33)42)31-17-9-11-27-10-1-2-12-29(27)31/h1-25H. The third kappa shape index (κ3) is 3.53. The molecule has 0 aliphatic heterocycles. The number of nitrogens with zero attached hydrogens (tertiary/aromatic N) is 3. The van der Waals surface area contributed by atoms with Crippen molar-refractivity contribution in [3.05, 3.63) is 157 Å². The monoisotopic (exact) mass is 595 g/mol. The molecule has 0 aliphatic rings. The Balaban J connectivity index is 1.37. The van der Waals surface area contributed by atoms with Crippen molar-refractivity contribution in [1.82, 2.24) is 9.55 Å². The van der Waals surface area contributed by atoms with Gasteiger partial charge in [-0.15, -0.1) is 0 Å². The largest absolute Gasteiger partial charge is 0.294 e. The Morgan fingerprint density at radius 3 is 1.66 bits per heavy atom. The van der Waals surface area contributed by atoms with Crippen molar-refractivity contribution in [2.45, 2.75) is 0 Å². The average molecular weight is 596 g/mol. The number of pyridine rings is 1. The van der Waals surface area contributed by atoms with Crippen molar-refractivity contribution in [2.24, 2.45) is 0 Å². The van der Waals surface area contributed by atoms with Gasteiger partial charge in [-0.3, -0.25) is 4.57 Å².